The summed E-state index contributed by atoms with van der Waals surface area (Å²) in [6, 6.07) is 22.7. The molecule has 0 aliphatic rings. The highest BCUT2D eigenvalue weighted by molar-refractivity contribution is 7.84. The van der Waals surface area contributed by atoms with Gasteiger partial charge in [-0.3, -0.25) is 9.73 Å². The Morgan fingerprint density at radius 3 is 1.97 bits per heavy atom. The Morgan fingerprint density at radius 2 is 1.51 bits per heavy atom. The van der Waals surface area contributed by atoms with Crippen molar-refractivity contribution in [3.63, 3.8) is 0 Å². The zero-order chi connectivity index (χ0) is 27.5. The van der Waals surface area contributed by atoms with E-state index in [1.807, 2.05) is 82.3 Å². The molecule has 1 heterocycles. The number of carbonyl (C=O) groups is 1. The molecule has 5 heteroatoms. The molecule has 0 unspecified atom stereocenters. The smallest absolute Gasteiger partial charge is 0.330 e. The van der Waals surface area contributed by atoms with Crippen molar-refractivity contribution in [2.24, 2.45) is 4.74 Å². The van der Waals surface area contributed by atoms with E-state index in [4.69, 9.17) is 9.48 Å². The van der Waals surface area contributed by atoms with Gasteiger partial charge >= 0.3 is 5.97 Å². The van der Waals surface area contributed by atoms with Gasteiger partial charge in [0.05, 0.1) is 19.9 Å². The van der Waals surface area contributed by atoms with E-state index in [0.717, 1.165) is 40.0 Å². The lowest BCUT2D eigenvalue weighted by atomic mass is 10.2. The minimum Gasteiger partial charge on any atom is -0.466 e. The molecular formula is C32H41N2O2P. The van der Waals surface area contributed by atoms with Gasteiger partial charge in [0.1, 0.15) is 0 Å². The van der Waals surface area contributed by atoms with Gasteiger partial charge in [-0.2, -0.15) is 0 Å². The second-order valence-corrected chi connectivity index (χ2v) is 10.8. The lowest BCUT2D eigenvalue weighted by molar-refractivity contribution is -0.134. The third kappa shape index (κ3) is 9.15. The zero-order valence-electron chi connectivity index (χ0n) is 23.1. The largest absolute Gasteiger partial charge is 0.466 e. The molecule has 0 spiro atoms. The van der Waals surface area contributed by atoms with E-state index in [9.17, 15) is 4.79 Å². The minimum absolute atomic E-state index is 0.419. The number of aromatic nitrogens is 1. The molecule has 1 aromatic heterocycles. The Labute approximate surface area is 223 Å². The van der Waals surface area contributed by atoms with Crippen molar-refractivity contribution in [1.29, 1.82) is 0 Å². The van der Waals surface area contributed by atoms with Crippen LogP contribution in [-0.4, -0.2) is 18.1 Å². The number of methoxy groups -OCH3 is 1. The second kappa shape index (κ2) is 17.9. The third-order valence-corrected chi connectivity index (χ3v) is 9.02. The van der Waals surface area contributed by atoms with Gasteiger partial charge in [0.25, 0.3) is 0 Å². The Hall–Kier alpha value is -3.49. The number of carbonyl (C=O) groups excluding carboxylic acids is 1. The van der Waals surface area contributed by atoms with Gasteiger partial charge in [-0.05, 0) is 37.7 Å². The van der Waals surface area contributed by atoms with Crippen molar-refractivity contribution in [2.75, 3.05) is 7.11 Å². The molecule has 0 atom stereocenters. The molecule has 0 saturated heterocycles. The maximum absolute atomic E-state index is 11.7. The highest BCUT2D eigenvalue weighted by Gasteiger charge is 2.28. The fourth-order valence-electron chi connectivity index (χ4n) is 3.44. The standard InChI is InChI=1S/C26H27N2O2P.C4H8.C2H6/c1-4-11-21(2)31(23-12-7-5-8-13-23,24-14-9-6-10-15-24)28-25-18-19-27-20-22(25)16-17-26(29)30-3;1-3-4-2;1-2/h5-10,12-20H,2,4,11H2,1,3H3;3-4H,1-2H3;1-2H3/b17-16+;4-3-;. The summed E-state index contributed by atoms with van der Waals surface area (Å²) < 4.78 is 10.2. The number of pyridine rings is 1. The Bertz CT molecular complexity index is 1150. The van der Waals surface area contributed by atoms with Crippen LogP contribution in [-0.2, 0) is 9.53 Å². The van der Waals surface area contributed by atoms with Crippen LogP contribution in [0.4, 0.5) is 5.69 Å². The van der Waals surface area contributed by atoms with Crippen LogP contribution in [0, 0.1) is 0 Å². The summed E-state index contributed by atoms with van der Waals surface area (Å²) in [5, 5.41) is 3.42. The predicted octanol–water partition coefficient (Wildman–Crippen LogP) is 8.67. The second-order valence-electron chi connectivity index (χ2n) is 7.68. The Balaban J connectivity index is 0.00000104. The lowest BCUT2D eigenvalue weighted by Crippen LogP contribution is -2.17. The topological polar surface area (TPSA) is 51.5 Å². The van der Waals surface area contributed by atoms with Crippen LogP contribution in [0.15, 0.2) is 114 Å². The SMILES string of the molecule is C/C=C\C.C=C(CCC)P(=Nc1ccncc1/C=C/C(=O)OC)(c1ccccc1)c1ccccc1.CC. The van der Waals surface area contributed by atoms with Crippen molar-refractivity contribution in [3.05, 3.63) is 115 Å². The maximum atomic E-state index is 11.7. The van der Waals surface area contributed by atoms with E-state index < -0.39 is 13.0 Å². The maximum Gasteiger partial charge on any atom is 0.330 e. The zero-order valence-corrected chi connectivity index (χ0v) is 24.0. The molecule has 0 aliphatic heterocycles. The molecule has 3 aromatic rings. The average Bonchev–Trinajstić information content (AvgIpc) is 2.97. The molecule has 0 fully saturated rings. The van der Waals surface area contributed by atoms with E-state index in [1.54, 1.807) is 18.5 Å². The number of benzene rings is 2. The number of rotatable bonds is 8. The van der Waals surface area contributed by atoms with Crippen LogP contribution >= 0.6 is 7.05 Å². The minimum atomic E-state index is -2.36. The quantitative estimate of drug-likeness (QED) is 0.130. The number of hydrogen-bond acceptors (Lipinski definition) is 4. The van der Waals surface area contributed by atoms with Crippen LogP contribution in [0.5, 0.6) is 0 Å². The van der Waals surface area contributed by atoms with Crippen LogP contribution in [0.25, 0.3) is 6.08 Å². The number of hydrogen-bond donors (Lipinski definition) is 0. The molecule has 0 saturated carbocycles. The van der Waals surface area contributed by atoms with Crippen LogP contribution < -0.4 is 10.6 Å². The highest BCUT2D eigenvalue weighted by atomic mass is 31.2. The first-order valence-electron chi connectivity index (χ1n) is 12.7. The molecule has 0 radical (unpaired) electrons. The number of esters is 1. The molecule has 0 amide bonds. The fourth-order valence-corrected chi connectivity index (χ4v) is 7.11. The normalized spacial score (nSPS) is 10.6. The van der Waals surface area contributed by atoms with E-state index in [0.29, 0.717) is 0 Å². The Kier molecular flexibility index (Phi) is 15.2. The van der Waals surface area contributed by atoms with Crippen molar-refractivity contribution < 1.29 is 9.53 Å². The van der Waals surface area contributed by atoms with E-state index in [2.05, 4.69) is 42.8 Å². The number of allylic oxidation sites excluding steroid dienone is 3. The molecule has 2 aromatic carbocycles. The summed E-state index contributed by atoms with van der Waals surface area (Å²) >= 11 is 0. The van der Waals surface area contributed by atoms with Crippen LogP contribution in [0.1, 0.15) is 53.0 Å². The Morgan fingerprint density at radius 1 is 0.973 bits per heavy atom. The van der Waals surface area contributed by atoms with Crippen LogP contribution in [0.3, 0.4) is 0 Å². The number of nitrogens with zero attached hydrogens (tertiary/aromatic N) is 2. The van der Waals surface area contributed by atoms with Crippen molar-refractivity contribution in [1.82, 2.24) is 4.98 Å². The van der Waals surface area contributed by atoms with Gasteiger partial charge in [0.2, 0.25) is 0 Å². The molecule has 196 valence electrons. The monoisotopic (exact) mass is 516 g/mol. The van der Waals surface area contributed by atoms with Gasteiger partial charge in [0.15, 0.2) is 0 Å². The molecule has 0 N–H and O–H groups in total. The lowest BCUT2D eigenvalue weighted by Gasteiger charge is -2.28. The number of ether oxygens (including phenoxy) is 1. The fraction of sp³-hybridized carbons (Fsp3) is 0.250. The summed E-state index contributed by atoms with van der Waals surface area (Å²) in [5.41, 5.74) is 1.53. The van der Waals surface area contributed by atoms with Gasteiger partial charge in [-0.1, -0.05) is 107 Å². The molecular weight excluding hydrogens is 475 g/mol. The molecule has 3 rings (SSSR count). The summed E-state index contributed by atoms with van der Waals surface area (Å²) in [6.07, 6.45) is 12.4. The summed E-state index contributed by atoms with van der Waals surface area (Å²) in [4.78, 5) is 15.9. The molecule has 37 heavy (non-hydrogen) atoms. The predicted molar refractivity (Wildman–Crippen MR) is 162 cm³/mol. The van der Waals surface area contributed by atoms with E-state index >= 15 is 0 Å². The first kappa shape index (κ1) is 31.5. The molecule has 0 bridgehead atoms. The average molecular weight is 517 g/mol. The first-order chi connectivity index (χ1) is 18.0. The van der Waals surface area contributed by atoms with Gasteiger partial charge in [-0.25, -0.2) is 4.79 Å². The van der Waals surface area contributed by atoms with Crippen molar-refractivity contribution >= 4 is 35.4 Å². The van der Waals surface area contributed by atoms with Gasteiger partial charge < -0.3 is 4.74 Å². The van der Waals surface area contributed by atoms with Gasteiger partial charge in [0, 0.05) is 34.6 Å². The summed E-state index contributed by atoms with van der Waals surface area (Å²) in [6.45, 7) is 14.7. The third-order valence-electron chi connectivity index (χ3n) is 5.28. The highest BCUT2D eigenvalue weighted by Crippen LogP contribution is 2.58. The molecule has 4 nitrogen and oxygen atoms in total. The molecule has 0 aliphatic carbocycles. The van der Waals surface area contributed by atoms with E-state index in [-0.39, 0.29) is 0 Å². The van der Waals surface area contributed by atoms with Crippen LogP contribution in [0.2, 0.25) is 0 Å². The summed E-state index contributed by atoms with van der Waals surface area (Å²) in [7, 11) is -1.00. The van der Waals surface area contributed by atoms with Crippen molar-refractivity contribution in [3.8, 4) is 0 Å². The summed E-state index contributed by atoms with van der Waals surface area (Å²) in [5.74, 6) is -0.419. The van der Waals surface area contributed by atoms with E-state index in [1.165, 1.54) is 13.2 Å². The van der Waals surface area contributed by atoms with Crippen molar-refractivity contribution in [2.45, 2.75) is 47.5 Å². The van der Waals surface area contributed by atoms with Gasteiger partial charge in [-0.15, -0.1) is 0 Å². The first-order valence-corrected chi connectivity index (χ1v) is 14.5.